The molecule has 0 saturated heterocycles. The highest BCUT2D eigenvalue weighted by molar-refractivity contribution is 9.10. The average molecular weight is 238 g/mol. The maximum Gasteiger partial charge on any atom is 0.166 e. The first-order valence-corrected chi connectivity index (χ1v) is 4.74. The van der Waals surface area contributed by atoms with Gasteiger partial charge in [-0.2, -0.15) is 0 Å². The Balaban J connectivity index is 2.82. The Bertz CT molecular complexity index is 473. The van der Waals surface area contributed by atoms with Gasteiger partial charge in [0, 0.05) is 15.4 Å². The Morgan fingerprint density at radius 2 is 2.15 bits per heavy atom. The molecule has 2 rings (SSSR count). The predicted octanol–water partition coefficient (Wildman–Crippen LogP) is 3.05. The number of carbonyl (C=O) groups excluding carboxylic acids is 1. The maximum absolute atomic E-state index is 10.5. The number of aryl methyl sites for hydroxylation is 1. The van der Waals surface area contributed by atoms with Crippen LogP contribution in [0.15, 0.2) is 22.7 Å². The van der Waals surface area contributed by atoms with Gasteiger partial charge in [0.2, 0.25) is 0 Å². The quantitative estimate of drug-likeness (QED) is 0.761. The van der Waals surface area contributed by atoms with Crippen molar-refractivity contribution in [2.24, 2.45) is 0 Å². The lowest BCUT2D eigenvalue weighted by molar-refractivity contribution is 0.112. The van der Waals surface area contributed by atoms with Crippen LogP contribution in [-0.4, -0.2) is 11.3 Å². The van der Waals surface area contributed by atoms with Crippen molar-refractivity contribution < 1.29 is 4.79 Å². The highest BCUT2D eigenvalue weighted by Gasteiger charge is 2.03. The summed E-state index contributed by atoms with van der Waals surface area (Å²) < 4.78 is 1.04. The molecule has 0 aliphatic heterocycles. The Morgan fingerprint density at radius 1 is 1.38 bits per heavy atom. The summed E-state index contributed by atoms with van der Waals surface area (Å²) in [6.07, 6.45) is 0.827. The van der Waals surface area contributed by atoms with Crippen LogP contribution >= 0.6 is 15.9 Å². The van der Waals surface area contributed by atoms with Crippen LogP contribution in [-0.2, 0) is 0 Å². The number of H-pyrrole nitrogens is 1. The van der Waals surface area contributed by atoms with E-state index in [0.717, 1.165) is 27.2 Å². The van der Waals surface area contributed by atoms with E-state index in [9.17, 15) is 4.79 Å². The van der Waals surface area contributed by atoms with Crippen molar-refractivity contribution in [1.82, 2.24) is 4.98 Å². The van der Waals surface area contributed by atoms with E-state index in [0.29, 0.717) is 5.69 Å². The summed E-state index contributed by atoms with van der Waals surface area (Å²) in [7, 11) is 0. The van der Waals surface area contributed by atoms with Crippen LogP contribution in [0.5, 0.6) is 0 Å². The minimum absolute atomic E-state index is 0.621. The molecule has 0 saturated carbocycles. The number of nitrogens with one attached hydrogen (secondary N) is 1. The number of benzene rings is 1. The number of halogens is 1. The number of aromatic amines is 1. The molecule has 1 heterocycles. The number of hydrogen-bond donors (Lipinski definition) is 1. The van der Waals surface area contributed by atoms with Crippen molar-refractivity contribution in [3.63, 3.8) is 0 Å². The molecule has 0 bridgehead atoms. The molecule has 66 valence electrons. The third-order valence-electron chi connectivity index (χ3n) is 2.04. The van der Waals surface area contributed by atoms with Gasteiger partial charge in [0.05, 0.1) is 5.69 Å². The first-order chi connectivity index (χ1) is 6.20. The molecule has 13 heavy (non-hydrogen) atoms. The van der Waals surface area contributed by atoms with Crippen LogP contribution in [0.1, 0.15) is 16.1 Å². The molecule has 1 aromatic heterocycles. The molecule has 0 aliphatic carbocycles. The number of aldehydes is 1. The molecule has 1 aromatic carbocycles. The highest BCUT2D eigenvalue weighted by atomic mass is 79.9. The topological polar surface area (TPSA) is 32.9 Å². The van der Waals surface area contributed by atoms with Gasteiger partial charge in [-0.1, -0.05) is 15.9 Å². The van der Waals surface area contributed by atoms with Crippen molar-refractivity contribution in [2.45, 2.75) is 6.92 Å². The van der Waals surface area contributed by atoms with Gasteiger partial charge in [-0.15, -0.1) is 0 Å². The monoisotopic (exact) mass is 237 g/mol. The van der Waals surface area contributed by atoms with Gasteiger partial charge < -0.3 is 4.98 Å². The molecular weight excluding hydrogens is 230 g/mol. The maximum atomic E-state index is 10.5. The molecule has 0 aliphatic rings. The van der Waals surface area contributed by atoms with Crippen molar-refractivity contribution in [2.75, 3.05) is 0 Å². The second-order valence-corrected chi connectivity index (χ2v) is 3.95. The van der Waals surface area contributed by atoms with E-state index >= 15 is 0 Å². The molecule has 0 atom stereocenters. The molecular formula is C10H8BrNO. The predicted molar refractivity (Wildman–Crippen MR) is 56.1 cm³/mol. The first kappa shape index (κ1) is 8.51. The third kappa shape index (κ3) is 1.40. The van der Waals surface area contributed by atoms with Gasteiger partial charge in [0.25, 0.3) is 0 Å². The van der Waals surface area contributed by atoms with E-state index in [1.807, 2.05) is 25.1 Å². The number of hydrogen-bond acceptors (Lipinski definition) is 1. The largest absolute Gasteiger partial charge is 0.352 e. The number of aromatic nitrogens is 1. The Kier molecular flexibility index (Phi) is 1.96. The molecule has 0 spiro atoms. The number of carbonyl (C=O) groups is 1. The molecule has 2 aromatic rings. The van der Waals surface area contributed by atoms with Crippen molar-refractivity contribution in [3.8, 4) is 0 Å². The second kappa shape index (κ2) is 3.00. The standard InChI is InChI=1S/C10H8BrNO/c1-6-2-8(11)3-7-4-9(5-13)12-10(6)7/h2-5,12H,1H3. The van der Waals surface area contributed by atoms with Crippen LogP contribution < -0.4 is 0 Å². The molecule has 0 unspecified atom stereocenters. The van der Waals surface area contributed by atoms with E-state index in [-0.39, 0.29) is 0 Å². The zero-order chi connectivity index (χ0) is 9.42. The first-order valence-electron chi connectivity index (χ1n) is 3.95. The fourth-order valence-corrected chi connectivity index (χ4v) is 2.06. The van der Waals surface area contributed by atoms with Crippen LogP contribution in [0, 0.1) is 6.92 Å². The lowest BCUT2D eigenvalue weighted by Gasteiger charge is -1.96. The van der Waals surface area contributed by atoms with Crippen molar-refractivity contribution in [3.05, 3.63) is 33.9 Å². The average Bonchev–Trinajstić information content (AvgIpc) is 2.47. The lowest BCUT2D eigenvalue weighted by Crippen LogP contribution is -1.78. The van der Waals surface area contributed by atoms with Crippen molar-refractivity contribution in [1.29, 1.82) is 0 Å². The van der Waals surface area contributed by atoms with Crippen LogP contribution in [0.2, 0.25) is 0 Å². The molecule has 0 radical (unpaired) electrons. The van der Waals surface area contributed by atoms with Gasteiger partial charge in [0.1, 0.15) is 0 Å². The summed E-state index contributed by atoms with van der Waals surface area (Å²) in [6, 6.07) is 5.86. The van der Waals surface area contributed by atoms with Crippen LogP contribution in [0.3, 0.4) is 0 Å². The summed E-state index contributed by atoms with van der Waals surface area (Å²) in [6.45, 7) is 2.01. The second-order valence-electron chi connectivity index (χ2n) is 3.03. The fraction of sp³-hybridized carbons (Fsp3) is 0.100. The van der Waals surface area contributed by atoms with Gasteiger partial charge in [-0.05, 0) is 30.7 Å². The van der Waals surface area contributed by atoms with Crippen LogP contribution in [0.4, 0.5) is 0 Å². The fourth-order valence-electron chi connectivity index (χ4n) is 1.47. The van der Waals surface area contributed by atoms with E-state index in [1.165, 1.54) is 0 Å². The summed E-state index contributed by atoms with van der Waals surface area (Å²) in [5, 5.41) is 1.06. The van der Waals surface area contributed by atoms with Gasteiger partial charge in [-0.3, -0.25) is 4.79 Å². The van der Waals surface area contributed by atoms with E-state index in [1.54, 1.807) is 0 Å². The molecule has 0 amide bonds. The SMILES string of the molecule is Cc1cc(Br)cc2cc(C=O)[nH]c12. The Morgan fingerprint density at radius 3 is 2.85 bits per heavy atom. The Labute approximate surface area is 84.1 Å². The minimum atomic E-state index is 0.621. The third-order valence-corrected chi connectivity index (χ3v) is 2.50. The summed E-state index contributed by atoms with van der Waals surface area (Å²) in [5.74, 6) is 0. The lowest BCUT2D eigenvalue weighted by atomic mass is 10.2. The smallest absolute Gasteiger partial charge is 0.166 e. The Hall–Kier alpha value is -1.09. The summed E-state index contributed by atoms with van der Waals surface area (Å²) in [5.41, 5.74) is 2.79. The molecule has 1 N–H and O–H groups in total. The molecule has 3 heteroatoms. The van der Waals surface area contributed by atoms with Gasteiger partial charge in [0.15, 0.2) is 6.29 Å². The normalized spacial score (nSPS) is 10.6. The minimum Gasteiger partial charge on any atom is -0.352 e. The molecule has 2 nitrogen and oxygen atoms in total. The zero-order valence-corrected chi connectivity index (χ0v) is 8.68. The van der Waals surface area contributed by atoms with Gasteiger partial charge >= 0.3 is 0 Å². The van der Waals surface area contributed by atoms with E-state index in [4.69, 9.17) is 0 Å². The van der Waals surface area contributed by atoms with Crippen LogP contribution in [0.25, 0.3) is 10.9 Å². The van der Waals surface area contributed by atoms with E-state index < -0.39 is 0 Å². The summed E-state index contributed by atoms with van der Waals surface area (Å²) >= 11 is 3.41. The van der Waals surface area contributed by atoms with Crippen molar-refractivity contribution >= 4 is 33.1 Å². The highest BCUT2D eigenvalue weighted by Crippen LogP contribution is 2.23. The van der Waals surface area contributed by atoms with Gasteiger partial charge in [-0.25, -0.2) is 0 Å². The number of fused-ring (bicyclic) bond motifs is 1. The zero-order valence-electron chi connectivity index (χ0n) is 7.10. The van der Waals surface area contributed by atoms with E-state index in [2.05, 4.69) is 20.9 Å². The summed E-state index contributed by atoms with van der Waals surface area (Å²) in [4.78, 5) is 13.6. The molecule has 0 fully saturated rings. The number of rotatable bonds is 1.